The highest BCUT2D eigenvalue weighted by Gasteiger charge is 2.50. The van der Waals surface area contributed by atoms with Crippen LogP contribution in [0.25, 0.3) is 11.2 Å². The number of hydrogen-bond acceptors (Lipinski definition) is 15. The van der Waals surface area contributed by atoms with Crippen LogP contribution in [0.4, 0.5) is 5.82 Å². The van der Waals surface area contributed by atoms with Crippen molar-refractivity contribution in [2.24, 2.45) is 11.1 Å². The van der Waals surface area contributed by atoms with Gasteiger partial charge >= 0.3 is 23.5 Å². The second kappa shape index (κ2) is 11.7. The highest BCUT2D eigenvalue weighted by atomic mass is 31.3. The number of aromatic nitrogens is 4. The number of nitrogens with zero attached hydrogens (tertiary/aromatic N) is 4. The quantitative estimate of drug-likeness (QED) is 0.113. The van der Waals surface area contributed by atoms with Gasteiger partial charge in [0.1, 0.15) is 36.3 Å². The molecule has 3 rings (SSSR count). The van der Waals surface area contributed by atoms with E-state index in [2.05, 4.69) is 32.8 Å². The first-order chi connectivity index (χ1) is 18.2. The van der Waals surface area contributed by atoms with Crippen LogP contribution in [0.3, 0.4) is 0 Å². The first kappa shape index (κ1) is 32.6. The van der Waals surface area contributed by atoms with Gasteiger partial charge in [-0.05, 0) is 0 Å². The van der Waals surface area contributed by atoms with E-state index in [-0.39, 0.29) is 17.0 Å². The number of aliphatic hydroxyl groups is 2. The van der Waals surface area contributed by atoms with Crippen molar-refractivity contribution < 1.29 is 70.9 Å². The number of carbonyl (C=O) groups excluding carboxylic acids is 1. The number of imidazole rings is 1. The third-order valence-corrected chi connectivity index (χ3v) is 8.55. The molecule has 2 aromatic rings. The Hall–Kier alpha value is -1.93. The van der Waals surface area contributed by atoms with E-state index < -0.39 is 78.6 Å². The lowest BCUT2D eigenvalue weighted by atomic mass is 9.87. The number of nitrogens with two attached hydrogens (primary N) is 2. The first-order valence-electron chi connectivity index (χ1n) is 10.9. The van der Waals surface area contributed by atoms with Crippen molar-refractivity contribution in [2.45, 2.75) is 44.5 Å². The molecule has 1 fully saturated rings. The molecule has 1 aliphatic heterocycles. The van der Waals surface area contributed by atoms with Crippen LogP contribution in [0.1, 0.15) is 20.1 Å². The number of carbonyl (C=O) groups is 1. The van der Waals surface area contributed by atoms with Gasteiger partial charge in [0.25, 0.3) is 0 Å². The molecule has 2 unspecified atom stereocenters. The standard InChI is InChI=1S/C16H27N6O15P3/c1-16(2,11(24)13(18)25)4-34-40(31,32)37-39(29,30)33-3-7-10(36-38(26,27)28)9(23)15(35-7)22-6-21-8-12(17)19-5-20-14(8)22/h5-7,9-11,15,23-24H,3-4H2,1-2H3,(H2,18,25)(H,29,30)(H,31,32)(H2,17,19,20)(H2,26,27,28)/t7-,9+,10-,11+,15-/m1/s1. The van der Waals surface area contributed by atoms with E-state index in [1.807, 2.05) is 0 Å². The number of anilines is 1. The molecule has 1 saturated heterocycles. The van der Waals surface area contributed by atoms with Gasteiger partial charge in [0.05, 0.1) is 19.5 Å². The van der Waals surface area contributed by atoms with E-state index in [0.717, 1.165) is 17.2 Å². The van der Waals surface area contributed by atoms with Crippen molar-refractivity contribution in [1.29, 1.82) is 0 Å². The second-order valence-corrected chi connectivity index (χ2v) is 13.3. The van der Waals surface area contributed by atoms with E-state index >= 15 is 0 Å². The number of phosphoric acid groups is 3. The molecule has 0 radical (unpaired) electrons. The summed E-state index contributed by atoms with van der Waals surface area (Å²) in [6, 6.07) is 0. The molecule has 0 aliphatic carbocycles. The lowest BCUT2D eigenvalue weighted by molar-refractivity contribution is -0.133. The molecule has 1 aliphatic rings. The number of fused-ring (bicyclic) bond motifs is 1. The van der Waals surface area contributed by atoms with Crippen LogP contribution in [0.2, 0.25) is 0 Å². The molecule has 10 N–H and O–H groups in total. The number of rotatable bonds is 13. The summed E-state index contributed by atoms with van der Waals surface area (Å²) >= 11 is 0. The topological polar surface area (TPSA) is 331 Å². The Kier molecular flexibility index (Phi) is 9.57. The number of phosphoric ester groups is 3. The lowest BCUT2D eigenvalue weighted by Crippen LogP contribution is -2.43. The SMILES string of the molecule is CC(C)(COP(=O)(O)OP(=O)(O)OC[C@H]1O[C@@H](n2cnc3c(N)ncnc32)[C@@H](O)[C@@H]1OP(=O)(O)O)[C@@H](O)C(N)=O. The number of aliphatic hydroxyl groups excluding tert-OH is 2. The van der Waals surface area contributed by atoms with E-state index in [1.54, 1.807) is 0 Å². The van der Waals surface area contributed by atoms with Gasteiger partial charge in [-0.3, -0.25) is 22.9 Å². The Morgan fingerprint density at radius 3 is 2.38 bits per heavy atom. The van der Waals surface area contributed by atoms with Gasteiger partial charge in [0.2, 0.25) is 5.91 Å². The van der Waals surface area contributed by atoms with Gasteiger partial charge in [-0.15, -0.1) is 0 Å². The number of primary amides is 1. The predicted octanol–water partition coefficient (Wildman–Crippen LogP) is -1.73. The average molecular weight is 636 g/mol. The molecule has 0 aromatic carbocycles. The summed E-state index contributed by atoms with van der Waals surface area (Å²) in [5.74, 6) is -1.19. The molecule has 21 nitrogen and oxygen atoms in total. The smallest absolute Gasteiger partial charge is 0.386 e. The van der Waals surface area contributed by atoms with E-state index in [4.69, 9.17) is 16.2 Å². The Bertz CT molecular complexity index is 1380. The largest absolute Gasteiger partial charge is 0.481 e. The molecule has 0 saturated carbocycles. The van der Waals surface area contributed by atoms with Crippen LogP contribution in [0.5, 0.6) is 0 Å². The zero-order valence-corrected chi connectivity index (χ0v) is 23.3. The fraction of sp³-hybridized carbons (Fsp3) is 0.625. The molecule has 7 atom stereocenters. The minimum absolute atomic E-state index is 0.0271. The average Bonchev–Trinajstić information content (AvgIpc) is 3.36. The summed E-state index contributed by atoms with van der Waals surface area (Å²) in [4.78, 5) is 61.2. The Labute approximate surface area is 224 Å². The van der Waals surface area contributed by atoms with E-state index in [9.17, 15) is 48.3 Å². The minimum Gasteiger partial charge on any atom is -0.386 e. The van der Waals surface area contributed by atoms with Gasteiger partial charge in [-0.25, -0.2) is 28.6 Å². The predicted molar refractivity (Wildman–Crippen MR) is 128 cm³/mol. The van der Waals surface area contributed by atoms with Crippen LogP contribution < -0.4 is 11.5 Å². The summed E-state index contributed by atoms with van der Waals surface area (Å²) in [7, 11) is -16.1. The van der Waals surface area contributed by atoms with Gasteiger partial charge in [0, 0.05) is 5.41 Å². The van der Waals surface area contributed by atoms with Crippen LogP contribution in [0, 0.1) is 5.41 Å². The normalized spacial score (nSPS) is 25.9. The number of ether oxygens (including phenoxy) is 1. The van der Waals surface area contributed by atoms with Crippen LogP contribution >= 0.6 is 23.5 Å². The number of amides is 1. The molecule has 3 heterocycles. The van der Waals surface area contributed by atoms with Gasteiger partial charge < -0.3 is 46.0 Å². The van der Waals surface area contributed by atoms with Crippen molar-refractivity contribution >= 4 is 46.4 Å². The van der Waals surface area contributed by atoms with Crippen molar-refractivity contribution in [1.82, 2.24) is 19.5 Å². The fourth-order valence-corrected chi connectivity index (χ4v) is 6.31. The van der Waals surface area contributed by atoms with Crippen molar-refractivity contribution in [2.75, 3.05) is 18.9 Å². The Morgan fingerprint density at radius 1 is 1.15 bits per heavy atom. The summed E-state index contributed by atoms with van der Waals surface area (Å²) < 4.78 is 60.7. The zero-order chi connectivity index (χ0) is 30.3. The lowest BCUT2D eigenvalue weighted by Gasteiger charge is -2.28. The van der Waals surface area contributed by atoms with E-state index in [1.165, 1.54) is 13.8 Å². The summed E-state index contributed by atoms with van der Waals surface area (Å²) in [6.45, 7) is 0.556. The van der Waals surface area contributed by atoms with Crippen LogP contribution in [-0.2, 0) is 41.1 Å². The molecule has 1 amide bonds. The monoisotopic (exact) mass is 636 g/mol. The third-order valence-electron chi connectivity index (χ3n) is 5.45. The summed E-state index contributed by atoms with van der Waals surface area (Å²) in [5, 5.41) is 20.5. The van der Waals surface area contributed by atoms with Gasteiger partial charge in [-0.1, -0.05) is 13.8 Å². The summed E-state index contributed by atoms with van der Waals surface area (Å²) in [6.07, 6.45) is -6.52. The third kappa shape index (κ3) is 7.87. The molecule has 226 valence electrons. The second-order valence-electron chi connectivity index (χ2n) is 9.08. The molecule has 0 bridgehead atoms. The number of hydrogen-bond donors (Lipinski definition) is 8. The Morgan fingerprint density at radius 2 is 1.77 bits per heavy atom. The summed E-state index contributed by atoms with van der Waals surface area (Å²) in [5.41, 5.74) is 9.33. The van der Waals surface area contributed by atoms with Crippen molar-refractivity contribution in [3.05, 3.63) is 12.7 Å². The Balaban J connectivity index is 1.73. The molecule has 0 spiro atoms. The van der Waals surface area contributed by atoms with E-state index in [0.29, 0.717) is 0 Å². The van der Waals surface area contributed by atoms with Crippen molar-refractivity contribution in [3.63, 3.8) is 0 Å². The van der Waals surface area contributed by atoms with Gasteiger partial charge in [-0.2, -0.15) is 4.31 Å². The van der Waals surface area contributed by atoms with Crippen molar-refractivity contribution in [3.8, 4) is 0 Å². The highest BCUT2D eigenvalue weighted by molar-refractivity contribution is 7.61. The zero-order valence-electron chi connectivity index (χ0n) is 20.6. The molecule has 40 heavy (non-hydrogen) atoms. The molecular weight excluding hydrogens is 609 g/mol. The minimum atomic E-state index is -5.47. The molecular formula is C16H27N6O15P3. The maximum absolute atomic E-state index is 12.4. The number of nitrogen functional groups attached to an aromatic ring is 1. The maximum atomic E-state index is 12.4. The molecule has 2 aromatic heterocycles. The van der Waals surface area contributed by atoms with Crippen LogP contribution in [0.15, 0.2) is 12.7 Å². The molecule has 24 heteroatoms. The maximum Gasteiger partial charge on any atom is 0.481 e. The highest BCUT2D eigenvalue weighted by Crippen LogP contribution is 2.61. The fourth-order valence-electron chi connectivity index (χ4n) is 3.49. The van der Waals surface area contributed by atoms with Crippen LogP contribution in [-0.4, -0.2) is 92.8 Å². The van der Waals surface area contributed by atoms with Gasteiger partial charge in [0.15, 0.2) is 17.7 Å². The first-order valence-corrected chi connectivity index (χ1v) is 15.4.